The maximum absolute atomic E-state index is 13.5. The SMILES string of the molecule is C[C@@H](O)[C@@H](C)Nc1nc(Nc2ccc(S(=O)(CCO)=NS(=O)(=O)CC[Si](C)(C)C)cc2)ncc1Br. The topological polar surface area (TPSA) is 154 Å². The number of benzene rings is 1. The molecular weight excluding hydrogens is 574 g/mol. The number of hydrogen-bond acceptors (Lipinski definition) is 9. The minimum atomic E-state index is -3.92. The molecule has 0 fully saturated rings. The van der Waals surface area contributed by atoms with E-state index in [1.807, 2.05) is 6.92 Å². The van der Waals surface area contributed by atoms with Crippen LogP contribution in [0.25, 0.3) is 0 Å². The molecular formula is C21H34BrN5O5S2Si. The molecule has 1 unspecified atom stereocenters. The molecule has 0 bridgehead atoms. The van der Waals surface area contributed by atoms with Gasteiger partial charge in [0.05, 0.1) is 44.5 Å². The Morgan fingerprint density at radius 3 is 2.29 bits per heavy atom. The summed E-state index contributed by atoms with van der Waals surface area (Å²) in [6, 6.07) is 6.55. The van der Waals surface area contributed by atoms with Crippen molar-refractivity contribution in [1.29, 1.82) is 0 Å². The zero-order valence-corrected chi connectivity index (χ0v) is 24.7. The fraction of sp³-hybridized carbons (Fsp3) is 0.524. The zero-order chi connectivity index (χ0) is 26.4. The average Bonchev–Trinajstić information content (AvgIpc) is 2.74. The Balaban J connectivity index is 2.28. The van der Waals surface area contributed by atoms with E-state index in [4.69, 9.17) is 0 Å². The molecule has 0 spiro atoms. The summed E-state index contributed by atoms with van der Waals surface area (Å²) in [4.78, 5) is 8.84. The van der Waals surface area contributed by atoms with Gasteiger partial charge in [-0.3, -0.25) is 0 Å². The summed E-state index contributed by atoms with van der Waals surface area (Å²) < 4.78 is 43.0. The number of aliphatic hydroxyl groups is 2. The molecule has 4 N–H and O–H groups in total. The number of rotatable bonds is 12. The highest BCUT2D eigenvalue weighted by molar-refractivity contribution is 9.10. The molecule has 0 aliphatic carbocycles. The van der Waals surface area contributed by atoms with Crippen molar-refractivity contribution in [2.24, 2.45) is 3.77 Å². The Morgan fingerprint density at radius 1 is 1.11 bits per heavy atom. The van der Waals surface area contributed by atoms with Gasteiger partial charge in [-0.25, -0.2) is 17.6 Å². The van der Waals surface area contributed by atoms with Crippen molar-refractivity contribution in [2.75, 3.05) is 28.7 Å². The fourth-order valence-electron chi connectivity index (χ4n) is 2.72. The van der Waals surface area contributed by atoms with Gasteiger partial charge in [-0.2, -0.15) is 4.98 Å². The third-order valence-electron chi connectivity index (χ3n) is 5.02. The molecule has 0 saturated carbocycles. The summed E-state index contributed by atoms with van der Waals surface area (Å²) in [5.41, 5.74) is 0.581. The van der Waals surface area contributed by atoms with Gasteiger partial charge in [0.25, 0.3) is 10.0 Å². The highest BCUT2D eigenvalue weighted by Crippen LogP contribution is 2.25. The van der Waals surface area contributed by atoms with Crippen LogP contribution in [0.3, 0.4) is 0 Å². The molecule has 35 heavy (non-hydrogen) atoms. The monoisotopic (exact) mass is 607 g/mol. The lowest BCUT2D eigenvalue weighted by atomic mass is 10.2. The summed E-state index contributed by atoms with van der Waals surface area (Å²) in [6.45, 7) is 9.21. The van der Waals surface area contributed by atoms with E-state index in [-0.39, 0.29) is 28.4 Å². The molecule has 0 amide bonds. The minimum Gasteiger partial charge on any atom is -0.395 e. The second kappa shape index (κ2) is 12.1. The van der Waals surface area contributed by atoms with Gasteiger partial charge in [-0.15, -0.1) is 3.77 Å². The van der Waals surface area contributed by atoms with Crippen LogP contribution in [0.4, 0.5) is 17.5 Å². The van der Waals surface area contributed by atoms with Crippen molar-refractivity contribution in [1.82, 2.24) is 9.97 Å². The van der Waals surface area contributed by atoms with Gasteiger partial charge in [0, 0.05) is 24.9 Å². The lowest BCUT2D eigenvalue weighted by Gasteiger charge is -2.18. The third-order valence-corrected chi connectivity index (χ3v) is 12.1. The molecule has 196 valence electrons. The minimum absolute atomic E-state index is 0.157. The van der Waals surface area contributed by atoms with Gasteiger partial charge < -0.3 is 20.8 Å². The molecule has 0 radical (unpaired) electrons. The van der Waals surface area contributed by atoms with Crippen molar-refractivity contribution >= 4 is 61.2 Å². The molecule has 14 heteroatoms. The van der Waals surface area contributed by atoms with Crippen molar-refractivity contribution in [2.45, 2.75) is 56.6 Å². The van der Waals surface area contributed by atoms with Crippen molar-refractivity contribution in [3.05, 3.63) is 34.9 Å². The first-order valence-electron chi connectivity index (χ1n) is 11.1. The number of aliphatic hydroxyl groups excluding tert-OH is 2. The van der Waals surface area contributed by atoms with Crippen molar-refractivity contribution < 1.29 is 22.8 Å². The van der Waals surface area contributed by atoms with E-state index in [1.165, 1.54) is 12.1 Å². The standard InChI is InChI=1S/C21H34BrN5O5S2Si/c1-15(16(2)29)24-20-19(22)14-23-21(26-20)25-17-6-8-18(9-7-17)33(30,11-10-28)27-34(31,32)12-13-35(3,4)5/h6-9,14-16,28-29H,10-13H2,1-5H3,(H2,23,24,25,26)/t15-,16-,33?/m1/s1. The van der Waals surface area contributed by atoms with Gasteiger partial charge in [0.15, 0.2) is 0 Å². The summed E-state index contributed by atoms with van der Waals surface area (Å²) in [6.07, 6.45) is 0.985. The van der Waals surface area contributed by atoms with Gasteiger partial charge in [-0.05, 0) is 60.1 Å². The summed E-state index contributed by atoms with van der Waals surface area (Å²) in [7, 11) is -8.91. The summed E-state index contributed by atoms with van der Waals surface area (Å²) >= 11 is 3.38. The third kappa shape index (κ3) is 9.42. The van der Waals surface area contributed by atoms with Crippen LogP contribution >= 0.6 is 15.9 Å². The first-order valence-corrected chi connectivity index (χ1v) is 18.9. The molecule has 1 aromatic carbocycles. The smallest absolute Gasteiger partial charge is 0.260 e. The van der Waals surface area contributed by atoms with E-state index >= 15 is 0 Å². The number of nitrogens with zero attached hydrogens (tertiary/aromatic N) is 3. The molecule has 3 atom stereocenters. The Morgan fingerprint density at radius 2 is 1.74 bits per heavy atom. The lowest BCUT2D eigenvalue weighted by molar-refractivity contribution is 0.177. The van der Waals surface area contributed by atoms with Gasteiger partial charge in [-0.1, -0.05) is 19.6 Å². The summed E-state index contributed by atoms with van der Waals surface area (Å²) in [5, 5.41) is 25.3. The average molecular weight is 609 g/mol. The van der Waals surface area contributed by atoms with Gasteiger partial charge in [0.1, 0.15) is 5.82 Å². The van der Waals surface area contributed by atoms with Crippen LogP contribution in [0.5, 0.6) is 0 Å². The number of sulfonamides is 1. The molecule has 1 heterocycles. The van der Waals surface area contributed by atoms with E-state index in [2.05, 4.69) is 59.9 Å². The molecule has 1 aromatic heterocycles. The van der Waals surface area contributed by atoms with E-state index < -0.39 is 40.5 Å². The molecule has 0 aliphatic rings. The number of anilines is 3. The van der Waals surface area contributed by atoms with Crippen molar-refractivity contribution in [3.63, 3.8) is 0 Å². The van der Waals surface area contributed by atoms with Crippen LogP contribution in [0.2, 0.25) is 25.7 Å². The molecule has 10 nitrogen and oxygen atoms in total. The van der Waals surface area contributed by atoms with E-state index in [9.17, 15) is 22.8 Å². The van der Waals surface area contributed by atoms with Crippen LogP contribution in [-0.4, -0.2) is 71.1 Å². The first kappa shape index (κ1) is 29.6. The lowest BCUT2D eigenvalue weighted by Crippen LogP contribution is -2.28. The fourth-order valence-corrected chi connectivity index (χ4v) is 9.96. The number of nitrogens with one attached hydrogen (secondary N) is 2. The van der Waals surface area contributed by atoms with Crippen molar-refractivity contribution in [3.8, 4) is 0 Å². The second-order valence-electron chi connectivity index (χ2n) is 9.45. The quantitative estimate of drug-likeness (QED) is 0.265. The molecule has 0 aliphatic heterocycles. The number of aromatic nitrogens is 2. The zero-order valence-electron chi connectivity index (χ0n) is 20.5. The second-order valence-corrected chi connectivity index (χ2v) is 20.3. The Hall–Kier alpha value is -1.58. The first-order chi connectivity index (χ1) is 16.1. The Labute approximate surface area is 217 Å². The van der Waals surface area contributed by atoms with Crippen LogP contribution in [0.1, 0.15) is 13.8 Å². The summed E-state index contributed by atoms with van der Waals surface area (Å²) in [5.74, 6) is 0.352. The molecule has 2 rings (SSSR count). The van der Waals surface area contributed by atoms with Crippen LogP contribution in [0.15, 0.2) is 43.6 Å². The highest BCUT2D eigenvalue weighted by Gasteiger charge is 2.22. The maximum atomic E-state index is 13.5. The predicted octanol–water partition coefficient (Wildman–Crippen LogP) is 3.65. The largest absolute Gasteiger partial charge is 0.395 e. The molecule has 2 aromatic rings. The number of halogens is 1. The van der Waals surface area contributed by atoms with Crippen LogP contribution in [-0.2, 0) is 19.8 Å². The van der Waals surface area contributed by atoms with E-state index in [1.54, 1.807) is 25.3 Å². The Bertz CT molecular complexity index is 1230. The van der Waals surface area contributed by atoms with Gasteiger partial charge >= 0.3 is 0 Å². The maximum Gasteiger partial charge on any atom is 0.260 e. The van der Waals surface area contributed by atoms with E-state index in [0.717, 1.165) is 0 Å². The molecule has 0 saturated heterocycles. The van der Waals surface area contributed by atoms with E-state index in [0.29, 0.717) is 22.0 Å². The normalized spacial score (nSPS) is 15.7. The highest BCUT2D eigenvalue weighted by atomic mass is 79.9. The Kier molecular flexibility index (Phi) is 10.3. The van der Waals surface area contributed by atoms with Crippen LogP contribution < -0.4 is 10.6 Å². The number of hydrogen-bond donors (Lipinski definition) is 4. The van der Waals surface area contributed by atoms with Gasteiger partial charge in [0.2, 0.25) is 5.95 Å². The predicted molar refractivity (Wildman–Crippen MR) is 147 cm³/mol. The van der Waals surface area contributed by atoms with Crippen LogP contribution in [0, 0.1) is 0 Å².